The van der Waals surface area contributed by atoms with Crippen molar-refractivity contribution in [1.82, 2.24) is 5.32 Å². The van der Waals surface area contributed by atoms with E-state index in [0.717, 1.165) is 5.17 Å². The normalized spacial score (nSPS) is 26.3. The first-order valence-electron chi connectivity index (χ1n) is 5.77. The highest BCUT2D eigenvalue weighted by atomic mass is 32.2. The maximum Gasteiger partial charge on any atom is 0.239 e. The molecule has 1 heterocycles. The molecule has 0 spiro atoms. The van der Waals surface area contributed by atoms with E-state index in [4.69, 9.17) is 0 Å². The molecule has 0 radical (unpaired) electrons. The first kappa shape index (κ1) is 13.6. The number of nitrogens with one attached hydrogen (secondary N) is 1. The maximum atomic E-state index is 11.6. The third-order valence-corrected chi connectivity index (χ3v) is 4.34. The van der Waals surface area contributed by atoms with Crippen LogP contribution in [0.1, 0.15) is 41.5 Å². The van der Waals surface area contributed by atoms with E-state index in [0.29, 0.717) is 5.92 Å². The van der Waals surface area contributed by atoms with Gasteiger partial charge in [0.05, 0.1) is 11.3 Å². The molecule has 0 aliphatic carbocycles. The highest BCUT2D eigenvalue weighted by Crippen LogP contribution is 2.28. The smallest absolute Gasteiger partial charge is 0.239 e. The average Bonchev–Trinajstić information content (AvgIpc) is 2.45. The Morgan fingerprint density at radius 3 is 2.25 bits per heavy atom. The lowest BCUT2D eigenvalue weighted by Crippen LogP contribution is -2.29. The fourth-order valence-electron chi connectivity index (χ4n) is 1.25. The molecule has 0 aromatic carbocycles. The van der Waals surface area contributed by atoms with E-state index in [-0.39, 0.29) is 22.6 Å². The molecule has 1 saturated heterocycles. The molecule has 0 bridgehead atoms. The molecular weight excluding hydrogens is 220 g/mol. The van der Waals surface area contributed by atoms with Crippen molar-refractivity contribution in [1.29, 1.82) is 0 Å². The van der Waals surface area contributed by atoms with Crippen LogP contribution in [0.3, 0.4) is 0 Å². The first-order valence-corrected chi connectivity index (χ1v) is 6.65. The number of hydrogen-bond acceptors (Lipinski definition) is 3. The Bertz CT molecular complexity index is 305. The molecule has 1 fully saturated rings. The highest BCUT2D eigenvalue weighted by Gasteiger charge is 2.33. The lowest BCUT2D eigenvalue weighted by Gasteiger charge is -2.23. The molecule has 16 heavy (non-hydrogen) atoms. The van der Waals surface area contributed by atoms with Gasteiger partial charge in [-0.2, -0.15) is 0 Å². The number of aliphatic imine (C=N–C) groups is 1. The van der Waals surface area contributed by atoms with Gasteiger partial charge in [0.2, 0.25) is 5.91 Å². The van der Waals surface area contributed by atoms with E-state index in [9.17, 15) is 4.79 Å². The fraction of sp³-hybridized carbons (Fsp3) is 0.833. The Morgan fingerprint density at radius 2 is 1.88 bits per heavy atom. The molecule has 1 aliphatic rings. The van der Waals surface area contributed by atoms with Gasteiger partial charge in [-0.15, -0.1) is 0 Å². The molecular formula is C12H22N2OS. The maximum absolute atomic E-state index is 11.6. The fourth-order valence-corrected chi connectivity index (χ4v) is 2.31. The van der Waals surface area contributed by atoms with Crippen molar-refractivity contribution in [2.75, 3.05) is 0 Å². The Labute approximate surface area is 102 Å². The molecule has 1 N–H and O–H groups in total. The second kappa shape index (κ2) is 4.78. The minimum absolute atomic E-state index is 0.0194. The van der Waals surface area contributed by atoms with E-state index >= 15 is 0 Å². The predicted molar refractivity (Wildman–Crippen MR) is 70.7 cm³/mol. The van der Waals surface area contributed by atoms with Crippen molar-refractivity contribution in [2.24, 2.45) is 16.3 Å². The van der Waals surface area contributed by atoms with Crippen LogP contribution >= 0.6 is 11.8 Å². The summed E-state index contributed by atoms with van der Waals surface area (Å²) in [5.74, 6) is 0.447. The van der Waals surface area contributed by atoms with Gasteiger partial charge in [0, 0.05) is 0 Å². The van der Waals surface area contributed by atoms with Gasteiger partial charge >= 0.3 is 0 Å². The van der Waals surface area contributed by atoms with Crippen LogP contribution in [0.5, 0.6) is 0 Å². The number of thioether (sulfide) groups is 1. The molecule has 2 atom stereocenters. The van der Waals surface area contributed by atoms with Gasteiger partial charge < -0.3 is 5.32 Å². The summed E-state index contributed by atoms with van der Waals surface area (Å²) in [6, 6.07) is 0.209. The predicted octanol–water partition coefficient (Wildman–Crippen LogP) is 2.66. The van der Waals surface area contributed by atoms with Crippen LogP contribution in [0.25, 0.3) is 0 Å². The SMILES string of the molecule is CC(C)C1SC(=N[C@H](C)C(C)(C)C)NC1=O. The van der Waals surface area contributed by atoms with Crippen LogP contribution in [-0.4, -0.2) is 22.4 Å². The summed E-state index contributed by atoms with van der Waals surface area (Å²) in [4.78, 5) is 16.2. The number of hydrogen-bond donors (Lipinski definition) is 1. The summed E-state index contributed by atoms with van der Waals surface area (Å²) < 4.78 is 0. The van der Waals surface area contributed by atoms with Crippen molar-refractivity contribution in [3.05, 3.63) is 0 Å². The van der Waals surface area contributed by atoms with Gasteiger partial charge in [0.1, 0.15) is 0 Å². The van der Waals surface area contributed by atoms with Gasteiger partial charge in [0.15, 0.2) is 5.17 Å². The molecule has 92 valence electrons. The van der Waals surface area contributed by atoms with Crippen LogP contribution in [0.2, 0.25) is 0 Å². The molecule has 0 aromatic rings. The van der Waals surface area contributed by atoms with Gasteiger partial charge in [-0.3, -0.25) is 9.79 Å². The second-order valence-corrected chi connectivity index (χ2v) is 6.88. The third-order valence-electron chi connectivity index (χ3n) is 2.90. The van der Waals surface area contributed by atoms with Crippen LogP contribution < -0.4 is 5.32 Å². The monoisotopic (exact) mass is 242 g/mol. The summed E-state index contributed by atoms with van der Waals surface area (Å²) in [5, 5.41) is 3.67. The van der Waals surface area contributed by atoms with E-state index < -0.39 is 0 Å². The molecule has 1 aliphatic heterocycles. The average molecular weight is 242 g/mol. The summed E-state index contributed by atoms with van der Waals surface area (Å²) in [5.41, 5.74) is 0.133. The molecule has 0 saturated carbocycles. The molecule has 0 aromatic heterocycles. The molecule has 1 rings (SSSR count). The van der Waals surface area contributed by atoms with E-state index in [1.54, 1.807) is 11.8 Å². The van der Waals surface area contributed by atoms with Crippen molar-refractivity contribution in [3.63, 3.8) is 0 Å². The zero-order chi connectivity index (χ0) is 12.5. The summed E-state index contributed by atoms with van der Waals surface area (Å²) >= 11 is 1.56. The topological polar surface area (TPSA) is 41.5 Å². The largest absolute Gasteiger partial charge is 0.304 e. The number of carbonyl (C=O) groups is 1. The quantitative estimate of drug-likeness (QED) is 0.809. The summed E-state index contributed by atoms with van der Waals surface area (Å²) in [7, 11) is 0. The van der Waals surface area contributed by atoms with Crippen LogP contribution in [0, 0.1) is 11.3 Å². The minimum Gasteiger partial charge on any atom is -0.304 e. The molecule has 1 amide bonds. The number of rotatable bonds is 2. The Hall–Kier alpha value is -0.510. The van der Waals surface area contributed by atoms with Crippen molar-refractivity contribution in [2.45, 2.75) is 52.8 Å². The van der Waals surface area contributed by atoms with Gasteiger partial charge in [-0.1, -0.05) is 46.4 Å². The lowest BCUT2D eigenvalue weighted by atomic mass is 9.89. The minimum atomic E-state index is 0.0194. The Balaban J connectivity index is 2.72. The Kier molecular flexibility index (Phi) is 4.05. The number of amides is 1. The van der Waals surface area contributed by atoms with E-state index in [2.05, 4.69) is 51.9 Å². The van der Waals surface area contributed by atoms with E-state index in [1.807, 2.05) is 0 Å². The van der Waals surface area contributed by atoms with Crippen molar-refractivity contribution >= 4 is 22.8 Å². The summed E-state index contributed by atoms with van der Waals surface area (Å²) in [6.07, 6.45) is 0. The standard InChI is InChI=1S/C12H22N2OS/c1-7(2)9-10(15)14-11(16-9)13-8(3)12(4,5)6/h7-9H,1-6H3,(H,13,14,15)/t8-,9?/m1/s1. The van der Waals surface area contributed by atoms with Crippen LogP contribution in [0.15, 0.2) is 4.99 Å². The van der Waals surface area contributed by atoms with Crippen molar-refractivity contribution in [3.8, 4) is 0 Å². The number of amidine groups is 1. The Morgan fingerprint density at radius 1 is 1.31 bits per heavy atom. The summed E-state index contributed by atoms with van der Waals surface area (Å²) in [6.45, 7) is 12.7. The van der Waals surface area contributed by atoms with Gasteiger partial charge in [0.25, 0.3) is 0 Å². The van der Waals surface area contributed by atoms with Gasteiger partial charge in [-0.05, 0) is 18.3 Å². The first-order chi connectivity index (χ1) is 7.21. The lowest BCUT2D eigenvalue weighted by molar-refractivity contribution is -0.119. The third kappa shape index (κ3) is 3.24. The molecule has 3 nitrogen and oxygen atoms in total. The highest BCUT2D eigenvalue weighted by molar-refractivity contribution is 8.15. The zero-order valence-electron chi connectivity index (χ0n) is 11.0. The van der Waals surface area contributed by atoms with Crippen LogP contribution in [0.4, 0.5) is 0 Å². The molecule has 1 unspecified atom stereocenters. The number of carbonyl (C=O) groups excluding carboxylic acids is 1. The number of nitrogens with zero attached hydrogens (tertiary/aromatic N) is 1. The van der Waals surface area contributed by atoms with Gasteiger partial charge in [-0.25, -0.2) is 0 Å². The second-order valence-electron chi connectivity index (χ2n) is 5.75. The van der Waals surface area contributed by atoms with E-state index in [1.165, 1.54) is 0 Å². The van der Waals surface area contributed by atoms with Crippen LogP contribution in [-0.2, 0) is 4.79 Å². The van der Waals surface area contributed by atoms with Crippen molar-refractivity contribution < 1.29 is 4.79 Å². The zero-order valence-corrected chi connectivity index (χ0v) is 11.8. The molecule has 4 heteroatoms.